The molecule has 4 nitrogen and oxygen atoms in total. The number of hydrogen-bond donors (Lipinski definition) is 0. The van der Waals surface area contributed by atoms with Crippen LogP contribution in [0.4, 0.5) is 4.39 Å². The summed E-state index contributed by atoms with van der Waals surface area (Å²) in [5.41, 5.74) is 0.0450. The van der Waals surface area contributed by atoms with Crippen LogP contribution in [0.1, 0.15) is 23.2 Å². The van der Waals surface area contributed by atoms with Gasteiger partial charge in [-0.1, -0.05) is 0 Å². The summed E-state index contributed by atoms with van der Waals surface area (Å²) in [6, 6.07) is 3.71. The number of likely N-dealkylation sites (tertiary alicyclic amines) is 1. The lowest BCUT2D eigenvalue weighted by Crippen LogP contribution is -2.44. The van der Waals surface area contributed by atoms with Gasteiger partial charge in [-0.25, -0.2) is 4.39 Å². The van der Waals surface area contributed by atoms with Crippen LogP contribution in [-0.4, -0.2) is 39.9 Å². The van der Waals surface area contributed by atoms with Gasteiger partial charge in [0.2, 0.25) is 0 Å². The maximum absolute atomic E-state index is 13.5. The van der Waals surface area contributed by atoms with Crippen LogP contribution in [0.5, 0.6) is 0 Å². The Labute approximate surface area is 115 Å². The maximum Gasteiger partial charge on any atom is 0.256 e. The fraction of sp³-hybridized carbons (Fsp3) is 0.462. The standard InChI is InChI=1S/C13H14FN3OS/c1-19-13(9-15)3-6-17(7-4-13)12(18)10-2-5-16-8-11(10)14/h2,5,8H,3-4,6-7H2,1H3. The highest BCUT2D eigenvalue weighted by molar-refractivity contribution is 8.00. The minimum atomic E-state index is -0.602. The van der Waals surface area contributed by atoms with E-state index in [0.29, 0.717) is 25.9 Å². The van der Waals surface area contributed by atoms with Gasteiger partial charge in [0.25, 0.3) is 5.91 Å². The summed E-state index contributed by atoms with van der Waals surface area (Å²) in [6.07, 6.45) is 5.58. The van der Waals surface area contributed by atoms with Crippen molar-refractivity contribution in [2.24, 2.45) is 0 Å². The lowest BCUT2D eigenvalue weighted by atomic mass is 9.97. The molecule has 100 valence electrons. The number of carbonyl (C=O) groups is 1. The zero-order chi connectivity index (χ0) is 13.9. The Hall–Kier alpha value is -1.61. The first-order valence-corrected chi connectivity index (χ1v) is 7.19. The van der Waals surface area contributed by atoms with Crippen LogP contribution in [0, 0.1) is 17.1 Å². The summed E-state index contributed by atoms with van der Waals surface area (Å²) in [4.78, 5) is 17.4. The quantitative estimate of drug-likeness (QED) is 0.831. The third kappa shape index (κ3) is 2.71. The van der Waals surface area contributed by atoms with E-state index in [4.69, 9.17) is 0 Å². The van der Waals surface area contributed by atoms with Crippen LogP contribution in [0.3, 0.4) is 0 Å². The van der Waals surface area contributed by atoms with Crippen LogP contribution >= 0.6 is 11.8 Å². The third-order valence-corrected chi connectivity index (χ3v) is 4.74. The monoisotopic (exact) mass is 279 g/mol. The van der Waals surface area contributed by atoms with E-state index in [-0.39, 0.29) is 11.5 Å². The number of thioether (sulfide) groups is 1. The average Bonchev–Trinajstić information content (AvgIpc) is 2.47. The van der Waals surface area contributed by atoms with Gasteiger partial charge in [0.1, 0.15) is 4.75 Å². The largest absolute Gasteiger partial charge is 0.338 e. The van der Waals surface area contributed by atoms with E-state index >= 15 is 0 Å². The predicted octanol–water partition coefficient (Wildman–Crippen LogP) is 2.08. The Morgan fingerprint density at radius 3 is 2.79 bits per heavy atom. The number of rotatable bonds is 2. The van der Waals surface area contributed by atoms with Gasteiger partial charge in [0, 0.05) is 19.3 Å². The van der Waals surface area contributed by atoms with Crippen LogP contribution in [0.2, 0.25) is 0 Å². The third-order valence-electron chi connectivity index (χ3n) is 3.46. The van der Waals surface area contributed by atoms with Gasteiger partial charge in [-0.05, 0) is 25.2 Å². The Bertz CT molecular complexity index is 521. The smallest absolute Gasteiger partial charge is 0.256 e. The van der Waals surface area contributed by atoms with E-state index in [0.717, 1.165) is 6.20 Å². The summed E-state index contributed by atoms with van der Waals surface area (Å²) in [5.74, 6) is -0.929. The summed E-state index contributed by atoms with van der Waals surface area (Å²) in [7, 11) is 0. The summed E-state index contributed by atoms with van der Waals surface area (Å²) in [6.45, 7) is 0.962. The van der Waals surface area contributed by atoms with Crippen molar-refractivity contribution in [2.45, 2.75) is 17.6 Å². The first-order valence-electron chi connectivity index (χ1n) is 5.97. The Morgan fingerprint density at radius 1 is 1.58 bits per heavy atom. The normalized spacial score (nSPS) is 17.8. The number of nitriles is 1. The topological polar surface area (TPSA) is 57.0 Å². The lowest BCUT2D eigenvalue weighted by Gasteiger charge is -2.36. The maximum atomic E-state index is 13.5. The zero-order valence-corrected chi connectivity index (χ0v) is 11.4. The number of aromatic nitrogens is 1. The summed E-state index contributed by atoms with van der Waals surface area (Å²) in [5, 5.41) is 9.18. The van der Waals surface area contributed by atoms with Crippen LogP contribution in [0.25, 0.3) is 0 Å². The zero-order valence-electron chi connectivity index (χ0n) is 10.6. The predicted molar refractivity (Wildman–Crippen MR) is 71.2 cm³/mol. The molecule has 0 aliphatic carbocycles. The highest BCUT2D eigenvalue weighted by Crippen LogP contribution is 2.34. The first-order chi connectivity index (χ1) is 9.12. The lowest BCUT2D eigenvalue weighted by molar-refractivity contribution is 0.0711. The molecule has 6 heteroatoms. The summed E-state index contributed by atoms with van der Waals surface area (Å²) < 4.78 is 13.1. The number of carbonyl (C=O) groups excluding carboxylic acids is 1. The van der Waals surface area contributed by atoms with Gasteiger partial charge < -0.3 is 4.90 Å². The molecule has 0 unspecified atom stereocenters. The Morgan fingerprint density at radius 2 is 2.26 bits per heavy atom. The number of piperidine rings is 1. The fourth-order valence-electron chi connectivity index (χ4n) is 2.15. The van der Waals surface area contributed by atoms with Gasteiger partial charge in [0.05, 0.1) is 17.8 Å². The molecule has 0 N–H and O–H groups in total. The molecule has 19 heavy (non-hydrogen) atoms. The van der Waals surface area contributed by atoms with E-state index in [1.54, 1.807) is 4.90 Å². The Kier molecular flexibility index (Phi) is 4.05. The molecule has 2 rings (SSSR count). The molecule has 1 saturated heterocycles. The fourth-order valence-corrected chi connectivity index (χ4v) is 2.83. The SMILES string of the molecule is CSC1(C#N)CCN(C(=O)c2ccncc2F)CC1. The minimum Gasteiger partial charge on any atom is -0.338 e. The molecule has 2 heterocycles. The number of amides is 1. The van der Waals surface area contributed by atoms with E-state index in [9.17, 15) is 14.4 Å². The van der Waals surface area contributed by atoms with Crippen molar-refractivity contribution in [1.82, 2.24) is 9.88 Å². The second kappa shape index (κ2) is 5.57. The van der Waals surface area contributed by atoms with Gasteiger partial charge in [-0.15, -0.1) is 11.8 Å². The molecule has 0 atom stereocenters. The average molecular weight is 279 g/mol. The van der Waals surface area contributed by atoms with Crippen molar-refractivity contribution < 1.29 is 9.18 Å². The van der Waals surface area contributed by atoms with Crippen molar-refractivity contribution in [3.63, 3.8) is 0 Å². The molecule has 1 aromatic rings. The number of halogens is 1. The van der Waals surface area contributed by atoms with Crippen molar-refractivity contribution in [3.8, 4) is 6.07 Å². The molecular weight excluding hydrogens is 265 g/mol. The molecule has 1 aliphatic rings. The van der Waals surface area contributed by atoms with Crippen LogP contribution in [0.15, 0.2) is 18.5 Å². The first kappa shape index (κ1) is 13.8. The molecule has 0 aromatic carbocycles. The van der Waals surface area contributed by atoms with E-state index < -0.39 is 10.6 Å². The Balaban J connectivity index is 2.09. The number of nitrogens with zero attached hydrogens (tertiary/aromatic N) is 3. The van der Waals surface area contributed by atoms with Crippen LogP contribution in [-0.2, 0) is 0 Å². The van der Waals surface area contributed by atoms with E-state index in [1.807, 2.05) is 6.26 Å². The molecule has 1 amide bonds. The molecule has 1 fully saturated rings. The minimum absolute atomic E-state index is 0.0450. The van der Waals surface area contributed by atoms with Gasteiger partial charge in [-0.2, -0.15) is 5.26 Å². The summed E-state index contributed by atoms with van der Waals surface area (Å²) >= 11 is 1.52. The molecule has 0 bridgehead atoms. The number of hydrogen-bond acceptors (Lipinski definition) is 4. The van der Waals surface area contributed by atoms with Gasteiger partial charge in [0.15, 0.2) is 5.82 Å². The second-order valence-electron chi connectivity index (χ2n) is 4.46. The molecule has 0 saturated carbocycles. The van der Waals surface area contributed by atoms with E-state index in [1.165, 1.54) is 24.0 Å². The van der Waals surface area contributed by atoms with E-state index in [2.05, 4.69) is 11.1 Å². The molecule has 0 spiro atoms. The van der Waals surface area contributed by atoms with Gasteiger partial charge in [-0.3, -0.25) is 9.78 Å². The van der Waals surface area contributed by atoms with Crippen molar-refractivity contribution >= 4 is 17.7 Å². The second-order valence-corrected chi connectivity index (χ2v) is 5.65. The van der Waals surface area contributed by atoms with Crippen LogP contribution < -0.4 is 0 Å². The molecule has 1 aromatic heterocycles. The highest BCUT2D eigenvalue weighted by atomic mass is 32.2. The molecular formula is C13H14FN3OS. The van der Waals surface area contributed by atoms with Crippen molar-refractivity contribution in [3.05, 3.63) is 29.8 Å². The molecule has 0 radical (unpaired) electrons. The van der Waals surface area contributed by atoms with Gasteiger partial charge >= 0.3 is 0 Å². The van der Waals surface area contributed by atoms with Crippen molar-refractivity contribution in [2.75, 3.05) is 19.3 Å². The highest BCUT2D eigenvalue weighted by Gasteiger charge is 2.35. The van der Waals surface area contributed by atoms with Crippen molar-refractivity contribution in [1.29, 1.82) is 5.26 Å². The number of pyridine rings is 1. The molecule has 1 aliphatic heterocycles.